The zero-order valence-corrected chi connectivity index (χ0v) is 15.8. The van der Waals surface area contributed by atoms with Crippen LogP contribution in [-0.2, 0) is 15.0 Å². The molecular weight excluding hydrogens is 364 g/mol. The van der Waals surface area contributed by atoms with Crippen molar-refractivity contribution in [1.82, 2.24) is 0 Å². The topological polar surface area (TPSA) is 52.6 Å². The van der Waals surface area contributed by atoms with Gasteiger partial charge in [0.1, 0.15) is 11.5 Å². The van der Waals surface area contributed by atoms with Gasteiger partial charge in [-0.3, -0.25) is 0 Å². The standard InChI is InChI=1S/C22H19ClO4/c1-4-16(24)26-20-15-10-13(23)6-7-14(15)21(27-17(25)5-2)19-18(20)12-8-9-22(19,3)11-12/h4-7,10,12H,1-2,8-9,11H2,3H3. The van der Waals surface area contributed by atoms with E-state index in [9.17, 15) is 9.59 Å². The summed E-state index contributed by atoms with van der Waals surface area (Å²) in [7, 11) is 0. The number of carbonyl (C=O) groups is 2. The Bertz CT molecular complexity index is 1020. The van der Waals surface area contributed by atoms with Crippen LogP contribution in [0.25, 0.3) is 10.8 Å². The molecule has 0 heterocycles. The van der Waals surface area contributed by atoms with E-state index in [1.807, 2.05) is 0 Å². The average Bonchev–Trinajstić information content (AvgIpc) is 3.17. The summed E-state index contributed by atoms with van der Waals surface area (Å²) in [6.07, 6.45) is 5.22. The highest BCUT2D eigenvalue weighted by Crippen LogP contribution is 2.64. The van der Waals surface area contributed by atoms with Gasteiger partial charge in [-0.05, 0) is 48.8 Å². The van der Waals surface area contributed by atoms with Crippen LogP contribution in [0.4, 0.5) is 0 Å². The van der Waals surface area contributed by atoms with Crippen LogP contribution in [0, 0.1) is 0 Å². The number of esters is 2. The van der Waals surface area contributed by atoms with Crippen LogP contribution in [-0.4, -0.2) is 11.9 Å². The van der Waals surface area contributed by atoms with Crippen molar-refractivity contribution in [1.29, 1.82) is 0 Å². The van der Waals surface area contributed by atoms with Crippen molar-refractivity contribution in [3.63, 3.8) is 0 Å². The fraction of sp³-hybridized carbons (Fsp3) is 0.273. The van der Waals surface area contributed by atoms with Crippen LogP contribution in [0.1, 0.15) is 43.2 Å². The number of hydrogen-bond acceptors (Lipinski definition) is 4. The Morgan fingerprint density at radius 1 is 1.15 bits per heavy atom. The summed E-state index contributed by atoms with van der Waals surface area (Å²) in [6, 6.07) is 5.27. The van der Waals surface area contributed by atoms with Gasteiger partial charge in [-0.15, -0.1) is 0 Å². The number of hydrogen-bond donors (Lipinski definition) is 0. The quantitative estimate of drug-likeness (QED) is 0.413. The molecule has 1 fully saturated rings. The summed E-state index contributed by atoms with van der Waals surface area (Å²) in [4.78, 5) is 24.1. The van der Waals surface area contributed by atoms with Crippen molar-refractivity contribution in [3.8, 4) is 11.5 Å². The lowest BCUT2D eigenvalue weighted by molar-refractivity contribution is -0.130. The summed E-state index contributed by atoms with van der Waals surface area (Å²) in [5.41, 5.74) is 1.77. The minimum Gasteiger partial charge on any atom is -0.422 e. The van der Waals surface area contributed by atoms with E-state index < -0.39 is 11.9 Å². The molecule has 2 aromatic carbocycles. The molecule has 2 bridgehead atoms. The van der Waals surface area contributed by atoms with E-state index in [2.05, 4.69) is 20.1 Å². The Kier molecular flexibility index (Phi) is 4.11. The number of benzene rings is 2. The van der Waals surface area contributed by atoms with Gasteiger partial charge in [-0.1, -0.05) is 31.7 Å². The van der Waals surface area contributed by atoms with E-state index >= 15 is 0 Å². The first-order valence-corrected chi connectivity index (χ1v) is 9.24. The third-order valence-corrected chi connectivity index (χ3v) is 5.94. The van der Waals surface area contributed by atoms with Crippen molar-refractivity contribution in [2.45, 2.75) is 37.5 Å². The molecule has 0 saturated heterocycles. The maximum atomic E-state index is 12.0. The molecule has 0 radical (unpaired) electrons. The molecule has 4 rings (SSSR count). The predicted molar refractivity (Wildman–Crippen MR) is 105 cm³/mol. The van der Waals surface area contributed by atoms with Crippen molar-refractivity contribution in [3.05, 3.63) is 59.7 Å². The Morgan fingerprint density at radius 3 is 2.48 bits per heavy atom. The highest BCUT2D eigenvalue weighted by molar-refractivity contribution is 6.31. The molecule has 0 aromatic heterocycles. The van der Waals surface area contributed by atoms with E-state index in [1.165, 1.54) is 0 Å². The number of halogens is 1. The lowest BCUT2D eigenvalue weighted by atomic mass is 9.78. The second kappa shape index (κ2) is 6.24. The first kappa shape index (κ1) is 17.8. The normalized spacial score (nSPS) is 22.4. The monoisotopic (exact) mass is 382 g/mol. The fourth-order valence-electron chi connectivity index (χ4n) is 4.62. The van der Waals surface area contributed by atoms with Gasteiger partial charge in [0.25, 0.3) is 0 Å². The molecule has 0 aliphatic heterocycles. The zero-order chi connectivity index (χ0) is 19.3. The molecule has 0 N–H and O–H groups in total. The van der Waals surface area contributed by atoms with Crippen LogP contribution in [0.15, 0.2) is 43.5 Å². The van der Waals surface area contributed by atoms with Gasteiger partial charge in [0, 0.05) is 39.1 Å². The summed E-state index contributed by atoms with van der Waals surface area (Å²) in [6.45, 7) is 9.17. The van der Waals surface area contributed by atoms with Crippen molar-refractivity contribution in [2.24, 2.45) is 0 Å². The second-order valence-electron chi connectivity index (χ2n) is 7.39. The molecule has 2 aliphatic carbocycles. The van der Waals surface area contributed by atoms with Gasteiger partial charge in [-0.2, -0.15) is 0 Å². The largest absolute Gasteiger partial charge is 0.422 e. The Hall–Kier alpha value is -2.59. The molecule has 1 saturated carbocycles. The molecule has 0 spiro atoms. The van der Waals surface area contributed by atoms with Gasteiger partial charge in [0.15, 0.2) is 0 Å². The molecule has 5 heteroatoms. The van der Waals surface area contributed by atoms with E-state index in [0.29, 0.717) is 27.3 Å². The van der Waals surface area contributed by atoms with Crippen LogP contribution < -0.4 is 9.47 Å². The predicted octanol–water partition coefficient (Wildman–Crippen LogP) is 5.21. The Morgan fingerprint density at radius 2 is 1.81 bits per heavy atom. The van der Waals surface area contributed by atoms with Crippen LogP contribution in [0.2, 0.25) is 5.02 Å². The lowest BCUT2D eigenvalue weighted by Gasteiger charge is -2.29. The van der Waals surface area contributed by atoms with Gasteiger partial charge in [-0.25, -0.2) is 9.59 Å². The van der Waals surface area contributed by atoms with Crippen molar-refractivity contribution >= 4 is 34.3 Å². The minimum absolute atomic E-state index is 0.125. The number of fused-ring (bicyclic) bond motifs is 6. The summed E-state index contributed by atoms with van der Waals surface area (Å²) in [5, 5.41) is 1.85. The fourth-order valence-corrected chi connectivity index (χ4v) is 4.79. The summed E-state index contributed by atoms with van der Waals surface area (Å²) >= 11 is 6.22. The van der Waals surface area contributed by atoms with Gasteiger partial charge >= 0.3 is 11.9 Å². The Labute approximate surface area is 162 Å². The third kappa shape index (κ3) is 2.67. The highest BCUT2D eigenvalue weighted by atomic mass is 35.5. The minimum atomic E-state index is -0.526. The molecular formula is C22H19ClO4. The van der Waals surface area contributed by atoms with E-state index in [0.717, 1.165) is 42.5 Å². The van der Waals surface area contributed by atoms with Gasteiger partial charge < -0.3 is 9.47 Å². The highest BCUT2D eigenvalue weighted by Gasteiger charge is 2.50. The maximum absolute atomic E-state index is 12.0. The number of rotatable bonds is 4. The van der Waals surface area contributed by atoms with Crippen molar-refractivity contribution in [2.75, 3.05) is 0 Å². The summed E-state index contributed by atoms with van der Waals surface area (Å²) < 4.78 is 11.4. The van der Waals surface area contributed by atoms with Crippen molar-refractivity contribution < 1.29 is 19.1 Å². The first-order valence-electron chi connectivity index (χ1n) is 8.86. The molecule has 138 valence electrons. The van der Waals surface area contributed by atoms with E-state index in [4.69, 9.17) is 21.1 Å². The molecule has 2 aliphatic rings. The van der Waals surface area contributed by atoms with E-state index in [1.54, 1.807) is 18.2 Å². The third-order valence-electron chi connectivity index (χ3n) is 5.70. The first-order chi connectivity index (χ1) is 12.9. The van der Waals surface area contributed by atoms with Crippen LogP contribution in [0.5, 0.6) is 11.5 Å². The van der Waals surface area contributed by atoms with Gasteiger partial charge in [0.05, 0.1) is 0 Å². The molecule has 4 nitrogen and oxygen atoms in total. The molecule has 2 unspecified atom stereocenters. The maximum Gasteiger partial charge on any atom is 0.335 e. The number of carbonyl (C=O) groups excluding carboxylic acids is 2. The average molecular weight is 383 g/mol. The molecule has 27 heavy (non-hydrogen) atoms. The zero-order valence-electron chi connectivity index (χ0n) is 15.0. The van der Waals surface area contributed by atoms with Crippen LogP contribution >= 0.6 is 11.6 Å². The van der Waals surface area contributed by atoms with Crippen LogP contribution in [0.3, 0.4) is 0 Å². The SMILES string of the molecule is C=CC(=O)Oc1c2c(c(OC(=O)C=C)c3ccc(Cl)cc13)C1(C)CCC2C1. The molecule has 2 aromatic rings. The lowest BCUT2D eigenvalue weighted by Crippen LogP contribution is -2.20. The number of ether oxygens (including phenoxy) is 2. The van der Waals surface area contributed by atoms with E-state index in [-0.39, 0.29) is 11.3 Å². The molecule has 0 amide bonds. The Balaban J connectivity index is 2.10. The second-order valence-corrected chi connectivity index (χ2v) is 7.82. The summed E-state index contributed by atoms with van der Waals surface area (Å²) in [5.74, 6) is 0.226. The van der Waals surface area contributed by atoms with Gasteiger partial charge in [0.2, 0.25) is 0 Å². The molecule has 2 atom stereocenters. The smallest absolute Gasteiger partial charge is 0.335 e.